The molecule has 24 heavy (non-hydrogen) atoms. The van der Waals surface area contributed by atoms with Crippen LogP contribution in [0.25, 0.3) is 0 Å². The molecule has 1 aromatic rings. The van der Waals surface area contributed by atoms with Crippen LogP contribution in [0.3, 0.4) is 0 Å². The molecule has 128 valence electrons. The van der Waals surface area contributed by atoms with Gasteiger partial charge in [0.25, 0.3) is 0 Å². The number of thiocarbonyl (C=S) groups is 1. The Labute approximate surface area is 154 Å². The van der Waals surface area contributed by atoms with Gasteiger partial charge in [0.2, 0.25) is 0 Å². The van der Waals surface area contributed by atoms with Gasteiger partial charge in [-0.3, -0.25) is 4.79 Å². The van der Waals surface area contributed by atoms with Crippen molar-refractivity contribution in [1.82, 2.24) is 10.6 Å². The second-order valence-electron chi connectivity index (χ2n) is 5.67. The summed E-state index contributed by atoms with van der Waals surface area (Å²) in [5.41, 5.74) is 2.62. The van der Waals surface area contributed by atoms with Crippen LogP contribution in [0, 0.1) is 0 Å². The van der Waals surface area contributed by atoms with Crippen molar-refractivity contribution in [3.05, 3.63) is 33.4 Å². The molecule has 1 aromatic carbocycles. The lowest BCUT2D eigenvalue weighted by atomic mass is 9.85. The Bertz CT molecular complexity index is 733. The Morgan fingerprint density at radius 2 is 2.17 bits per heavy atom. The highest BCUT2D eigenvalue weighted by Gasteiger charge is 2.34. The molecule has 0 amide bonds. The topological polar surface area (TPSA) is 59.6 Å². The Kier molecular flexibility index (Phi) is 5.10. The number of carbonyl (C=O) groups excluding carboxylic acids is 1. The maximum Gasteiger partial charge on any atom is 0.174 e. The number of rotatable bonds is 4. The first-order valence-corrected chi connectivity index (χ1v) is 9.09. The van der Waals surface area contributed by atoms with E-state index in [4.69, 9.17) is 21.7 Å². The van der Waals surface area contributed by atoms with Gasteiger partial charge in [-0.05, 0) is 65.6 Å². The highest BCUT2D eigenvalue weighted by Crippen LogP contribution is 2.41. The number of carbonyl (C=O) groups is 1. The van der Waals surface area contributed by atoms with E-state index in [1.165, 1.54) is 0 Å². The molecule has 7 heteroatoms. The molecule has 2 N–H and O–H groups in total. The minimum absolute atomic E-state index is 0.161. The van der Waals surface area contributed by atoms with Gasteiger partial charge in [-0.15, -0.1) is 0 Å². The van der Waals surface area contributed by atoms with E-state index in [-0.39, 0.29) is 11.8 Å². The molecule has 1 aliphatic carbocycles. The summed E-state index contributed by atoms with van der Waals surface area (Å²) < 4.78 is 11.9. The number of nitrogens with one attached hydrogen (secondary N) is 2. The van der Waals surface area contributed by atoms with Crippen LogP contribution in [-0.4, -0.2) is 24.6 Å². The number of halogens is 1. The molecular weight excluding hydrogens is 392 g/mol. The quantitative estimate of drug-likeness (QED) is 0.741. The van der Waals surface area contributed by atoms with Crippen molar-refractivity contribution in [1.29, 1.82) is 0 Å². The van der Waals surface area contributed by atoms with Gasteiger partial charge < -0.3 is 20.1 Å². The lowest BCUT2D eigenvalue weighted by Gasteiger charge is -2.34. The fourth-order valence-corrected chi connectivity index (χ4v) is 4.03. The average Bonchev–Trinajstić information content (AvgIpc) is 2.54. The highest BCUT2D eigenvalue weighted by atomic mass is 79.9. The molecule has 5 nitrogen and oxygen atoms in total. The lowest BCUT2D eigenvalue weighted by Crippen LogP contribution is -2.46. The van der Waals surface area contributed by atoms with Crippen molar-refractivity contribution < 1.29 is 14.3 Å². The van der Waals surface area contributed by atoms with E-state index < -0.39 is 0 Å². The zero-order chi connectivity index (χ0) is 17.3. The molecule has 1 atom stereocenters. The Morgan fingerprint density at radius 3 is 2.88 bits per heavy atom. The molecule has 0 saturated heterocycles. The van der Waals surface area contributed by atoms with Crippen LogP contribution < -0.4 is 20.1 Å². The van der Waals surface area contributed by atoms with Gasteiger partial charge in [0.1, 0.15) is 0 Å². The van der Waals surface area contributed by atoms with Crippen LogP contribution in [0.1, 0.15) is 37.8 Å². The van der Waals surface area contributed by atoms with Crippen molar-refractivity contribution in [2.75, 3.05) is 13.7 Å². The summed E-state index contributed by atoms with van der Waals surface area (Å²) in [6.45, 7) is 2.44. The van der Waals surface area contributed by atoms with Crippen LogP contribution in [-0.2, 0) is 4.79 Å². The molecule has 0 bridgehead atoms. The van der Waals surface area contributed by atoms with E-state index in [1.807, 2.05) is 19.1 Å². The molecule has 0 fully saturated rings. The lowest BCUT2D eigenvalue weighted by molar-refractivity contribution is -0.116. The number of Topliss-reactive ketones (excluding diaryl/α,β-unsaturated/α-hetero) is 1. The normalized spacial score (nSPS) is 20.2. The van der Waals surface area contributed by atoms with Gasteiger partial charge in [0, 0.05) is 17.7 Å². The fourth-order valence-electron chi connectivity index (χ4n) is 3.17. The molecule has 0 radical (unpaired) electrons. The number of hydrogen-bond donors (Lipinski definition) is 2. The summed E-state index contributed by atoms with van der Waals surface area (Å²) in [5.74, 6) is 1.44. The summed E-state index contributed by atoms with van der Waals surface area (Å²) in [6.07, 6.45) is 2.27. The number of ketones is 1. The van der Waals surface area contributed by atoms with Crippen molar-refractivity contribution in [3.63, 3.8) is 0 Å². The molecule has 1 unspecified atom stereocenters. The third-order valence-corrected chi connectivity index (χ3v) is 4.96. The zero-order valence-electron chi connectivity index (χ0n) is 13.6. The van der Waals surface area contributed by atoms with Crippen molar-refractivity contribution in [2.24, 2.45) is 0 Å². The van der Waals surface area contributed by atoms with Crippen molar-refractivity contribution in [3.8, 4) is 11.5 Å². The molecule has 2 aliphatic rings. The van der Waals surface area contributed by atoms with E-state index in [2.05, 4.69) is 26.6 Å². The van der Waals surface area contributed by atoms with Gasteiger partial charge in [-0.2, -0.15) is 0 Å². The minimum atomic E-state index is -0.275. The average molecular weight is 411 g/mol. The molecule has 0 saturated carbocycles. The van der Waals surface area contributed by atoms with E-state index in [0.717, 1.165) is 34.1 Å². The highest BCUT2D eigenvalue weighted by molar-refractivity contribution is 9.10. The van der Waals surface area contributed by atoms with Gasteiger partial charge >= 0.3 is 0 Å². The van der Waals surface area contributed by atoms with E-state index in [9.17, 15) is 4.79 Å². The maximum atomic E-state index is 12.5. The molecule has 0 spiro atoms. The number of benzene rings is 1. The number of methoxy groups -OCH3 is 1. The maximum absolute atomic E-state index is 12.5. The number of allylic oxidation sites excluding steroid dienone is 1. The molecule has 3 rings (SSSR count). The van der Waals surface area contributed by atoms with Crippen LogP contribution in [0.4, 0.5) is 0 Å². The van der Waals surface area contributed by atoms with E-state index in [0.29, 0.717) is 29.6 Å². The summed E-state index contributed by atoms with van der Waals surface area (Å²) >= 11 is 8.85. The predicted molar refractivity (Wildman–Crippen MR) is 99.4 cm³/mol. The fraction of sp³-hybridized carbons (Fsp3) is 0.412. The largest absolute Gasteiger partial charge is 0.492 e. The molecule has 0 aromatic heterocycles. The summed E-state index contributed by atoms with van der Waals surface area (Å²) in [5, 5.41) is 6.90. The van der Waals surface area contributed by atoms with Crippen LogP contribution in [0.15, 0.2) is 27.9 Å². The summed E-state index contributed by atoms with van der Waals surface area (Å²) in [6, 6.07) is 3.58. The molecule has 1 aliphatic heterocycles. The third-order valence-electron chi connectivity index (χ3n) is 4.15. The van der Waals surface area contributed by atoms with Crippen molar-refractivity contribution in [2.45, 2.75) is 32.2 Å². The van der Waals surface area contributed by atoms with Gasteiger partial charge in [-0.1, -0.05) is 0 Å². The van der Waals surface area contributed by atoms with E-state index >= 15 is 0 Å². The van der Waals surface area contributed by atoms with Gasteiger partial charge in [-0.25, -0.2) is 0 Å². The van der Waals surface area contributed by atoms with Crippen molar-refractivity contribution >= 4 is 39.0 Å². The third kappa shape index (κ3) is 3.15. The monoisotopic (exact) mass is 410 g/mol. The smallest absolute Gasteiger partial charge is 0.174 e. The summed E-state index contributed by atoms with van der Waals surface area (Å²) in [4.78, 5) is 12.5. The second kappa shape index (κ2) is 7.11. The Balaban J connectivity index is 2.09. The van der Waals surface area contributed by atoms with E-state index in [1.54, 1.807) is 7.11 Å². The number of ether oxygens (including phenoxy) is 2. The molecular formula is C17H19BrN2O3S. The van der Waals surface area contributed by atoms with Gasteiger partial charge in [0.05, 0.1) is 24.2 Å². The first kappa shape index (κ1) is 17.2. The van der Waals surface area contributed by atoms with Crippen LogP contribution >= 0.6 is 28.1 Å². The SMILES string of the molecule is CCOc1cc(C2NC(=S)NC3=C2C(=O)CCC3)cc(Br)c1OC. The Hall–Kier alpha value is -1.60. The molecule has 1 heterocycles. The second-order valence-corrected chi connectivity index (χ2v) is 6.93. The summed E-state index contributed by atoms with van der Waals surface area (Å²) in [7, 11) is 1.60. The zero-order valence-corrected chi connectivity index (χ0v) is 16.0. The first-order chi connectivity index (χ1) is 11.5. The number of hydrogen-bond acceptors (Lipinski definition) is 4. The van der Waals surface area contributed by atoms with Crippen LogP contribution in [0.5, 0.6) is 11.5 Å². The van der Waals surface area contributed by atoms with Gasteiger partial charge in [0.15, 0.2) is 22.4 Å². The predicted octanol–water partition coefficient (Wildman–Crippen LogP) is 3.38. The standard InChI is InChI=1S/C17H19BrN2O3S/c1-3-23-13-8-9(7-10(18)16(13)22-2)15-14-11(19-17(24)20-15)5-4-6-12(14)21/h7-8,15H,3-6H2,1-2H3,(H2,19,20,24). The van der Waals surface area contributed by atoms with Crippen LogP contribution in [0.2, 0.25) is 0 Å². The first-order valence-electron chi connectivity index (χ1n) is 7.89. The minimum Gasteiger partial charge on any atom is -0.492 e. The Morgan fingerprint density at radius 1 is 1.38 bits per heavy atom.